The molecule has 4 nitrogen and oxygen atoms in total. The van der Waals surface area contributed by atoms with Gasteiger partial charge in [0.2, 0.25) is 0 Å². The van der Waals surface area contributed by atoms with Gasteiger partial charge in [-0.2, -0.15) is 0 Å². The van der Waals surface area contributed by atoms with Crippen LogP contribution in [-0.2, 0) is 6.54 Å². The summed E-state index contributed by atoms with van der Waals surface area (Å²) in [5.74, 6) is 0.857. The maximum Gasteiger partial charge on any atom is 0.191 e. The number of anilines is 1. The van der Waals surface area contributed by atoms with Gasteiger partial charge < -0.3 is 15.5 Å². The molecule has 1 atom stereocenters. The van der Waals surface area contributed by atoms with E-state index in [1.807, 2.05) is 0 Å². The molecule has 0 aromatic heterocycles. The van der Waals surface area contributed by atoms with Crippen molar-refractivity contribution < 1.29 is 0 Å². The normalized spacial score (nSPS) is 13.0. The lowest BCUT2D eigenvalue weighted by atomic mass is 10.1. The van der Waals surface area contributed by atoms with Gasteiger partial charge in [0.15, 0.2) is 5.96 Å². The van der Waals surface area contributed by atoms with Gasteiger partial charge in [-0.1, -0.05) is 13.0 Å². The van der Waals surface area contributed by atoms with Gasteiger partial charge in [-0.25, -0.2) is 0 Å². The SMILES string of the molecule is CCC(C)NC(=NC)NCc1ccc(N(C)C)cc1C. The van der Waals surface area contributed by atoms with Crippen LogP contribution in [0.4, 0.5) is 5.69 Å². The first-order valence-corrected chi connectivity index (χ1v) is 7.22. The molecule has 1 aromatic rings. The second-order valence-corrected chi connectivity index (χ2v) is 5.38. The average Bonchev–Trinajstić information content (AvgIpc) is 2.43. The van der Waals surface area contributed by atoms with Crippen LogP contribution in [-0.4, -0.2) is 33.1 Å². The first-order valence-electron chi connectivity index (χ1n) is 7.22. The number of rotatable bonds is 5. The third kappa shape index (κ3) is 4.76. The molecule has 0 saturated heterocycles. The van der Waals surface area contributed by atoms with Crippen molar-refractivity contribution in [1.29, 1.82) is 0 Å². The van der Waals surface area contributed by atoms with E-state index in [4.69, 9.17) is 0 Å². The number of nitrogens with zero attached hydrogens (tertiary/aromatic N) is 2. The number of aryl methyl sites for hydroxylation is 1. The molecule has 20 heavy (non-hydrogen) atoms. The first kappa shape index (κ1) is 16.3. The lowest BCUT2D eigenvalue weighted by Gasteiger charge is -2.18. The lowest BCUT2D eigenvalue weighted by Crippen LogP contribution is -2.41. The molecule has 0 aliphatic heterocycles. The summed E-state index contributed by atoms with van der Waals surface area (Å²) < 4.78 is 0. The predicted molar refractivity (Wildman–Crippen MR) is 88.6 cm³/mol. The van der Waals surface area contributed by atoms with E-state index in [2.05, 4.69) is 73.6 Å². The fourth-order valence-corrected chi connectivity index (χ4v) is 1.87. The topological polar surface area (TPSA) is 39.7 Å². The average molecular weight is 276 g/mol. The molecule has 0 radical (unpaired) electrons. The van der Waals surface area contributed by atoms with Gasteiger partial charge in [-0.05, 0) is 43.5 Å². The van der Waals surface area contributed by atoms with E-state index in [1.165, 1.54) is 16.8 Å². The molecule has 0 fully saturated rings. The number of guanidine groups is 1. The maximum absolute atomic E-state index is 4.25. The van der Waals surface area contributed by atoms with Crippen molar-refractivity contribution >= 4 is 11.6 Å². The fraction of sp³-hybridized carbons (Fsp3) is 0.562. The van der Waals surface area contributed by atoms with Gasteiger partial charge in [0, 0.05) is 39.4 Å². The predicted octanol–water partition coefficient (Wildman–Crippen LogP) is 2.52. The van der Waals surface area contributed by atoms with Gasteiger partial charge >= 0.3 is 0 Å². The quantitative estimate of drug-likeness (QED) is 0.641. The largest absolute Gasteiger partial charge is 0.378 e. The molecule has 0 bridgehead atoms. The Labute approximate surface area is 123 Å². The van der Waals surface area contributed by atoms with Crippen LogP contribution in [0.1, 0.15) is 31.4 Å². The van der Waals surface area contributed by atoms with E-state index in [0.717, 1.165) is 18.9 Å². The highest BCUT2D eigenvalue weighted by molar-refractivity contribution is 5.79. The molecule has 2 N–H and O–H groups in total. The van der Waals surface area contributed by atoms with Crippen LogP contribution in [0.3, 0.4) is 0 Å². The summed E-state index contributed by atoms with van der Waals surface area (Å²) in [5, 5.41) is 6.73. The van der Waals surface area contributed by atoms with Gasteiger partial charge in [0.05, 0.1) is 0 Å². The third-order valence-electron chi connectivity index (χ3n) is 3.51. The second-order valence-electron chi connectivity index (χ2n) is 5.38. The number of benzene rings is 1. The molecular formula is C16H28N4. The summed E-state index contributed by atoms with van der Waals surface area (Å²) in [6.07, 6.45) is 1.08. The van der Waals surface area contributed by atoms with Crippen molar-refractivity contribution in [2.45, 2.75) is 39.8 Å². The maximum atomic E-state index is 4.25. The first-order chi connectivity index (χ1) is 9.47. The molecule has 1 aromatic carbocycles. The standard InChI is InChI=1S/C16H28N4/c1-7-13(3)19-16(17-4)18-11-14-8-9-15(20(5)6)10-12(14)2/h8-10,13H,7,11H2,1-6H3,(H2,17,18,19). The minimum atomic E-state index is 0.429. The molecule has 0 aliphatic carbocycles. The zero-order chi connectivity index (χ0) is 15.1. The Bertz CT molecular complexity index is 452. The summed E-state index contributed by atoms with van der Waals surface area (Å²) >= 11 is 0. The van der Waals surface area contributed by atoms with Crippen molar-refractivity contribution in [2.75, 3.05) is 26.0 Å². The van der Waals surface area contributed by atoms with Crippen molar-refractivity contribution in [1.82, 2.24) is 10.6 Å². The molecule has 112 valence electrons. The summed E-state index contributed by atoms with van der Waals surface area (Å²) in [7, 11) is 5.93. The zero-order valence-corrected chi connectivity index (χ0v) is 13.6. The Balaban J connectivity index is 2.65. The van der Waals surface area contributed by atoms with E-state index in [9.17, 15) is 0 Å². The molecule has 0 aliphatic rings. The minimum absolute atomic E-state index is 0.429. The van der Waals surface area contributed by atoms with Crippen molar-refractivity contribution in [3.63, 3.8) is 0 Å². The van der Waals surface area contributed by atoms with E-state index in [1.54, 1.807) is 7.05 Å². The monoisotopic (exact) mass is 276 g/mol. The fourth-order valence-electron chi connectivity index (χ4n) is 1.87. The van der Waals surface area contributed by atoms with Crippen molar-refractivity contribution in [3.05, 3.63) is 29.3 Å². The minimum Gasteiger partial charge on any atom is -0.378 e. The van der Waals surface area contributed by atoms with Gasteiger partial charge in [0.25, 0.3) is 0 Å². The zero-order valence-electron chi connectivity index (χ0n) is 13.6. The summed E-state index contributed by atoms with van der Waals surface area (Å²) in [5.41, 5.74) is 3.82. The molecule has 1 rings (SSSR count). The summed E-state index contributed by atoms with van der Waals surface area (Å²) in [6, 6.07) is 6.96. The highest BCUT2D eigenvalue weighted by Gasteiger charge is 2.05. The summed E-state index contributed by atoms with van der Waals surface area (Å²) in [4.78, 5) is 6.37. The molecule has 0 spiro atoms. The Kier molecular flexibility index (Phi) is 6.36. The highest BCUT2D eigenvalue weighted by Crippen LogP contribution is 2.17. The smallest absolute Gasteiger partial charge is 0.191 e. The van der Waals surface area contributed by atoms with Gasteiger partial charge in [-0.15, -0.1) is 0 Å². The number of aliphatic imine (C=N–C) groups is 1. The molecule has 4 heteroatoms. The Morgan fingerprint density at radius 3 is 2.55 bits per heavy atom. The molecule has 0 amide bonds. The van der Waals surface area contributed by atoms with E-state index in [0.29, 0.717) is 6.04 Å². The molecule has 1 unspecified atom stereocenters. The van der Waals surface area contributed by atoms with Crippen LogP contribution in [0.5, 0.6) is 0 Å². The molecular weight excluding hydrogens is 248 g/mol. The van der Waals surface area contributed by atoms with Crippen LogP contribution in [0.25, 0.3) is 0 Å². The molecule has 0 heterocycles. The van der Waals surface area contributed by atoms with Gasteiger partial charge in [-0.3, -0.25) is 4.99 Å². The Hall–Kier alpha value is -1.71. The highest BCUT2D eigenvalue weighted by atomic mass is 15.2. The van der Waals surface area contributed by atoms with Crippen LogP contribution < -0.4 is 15.5 Å². The van der Waals surface area contributed by atoms with Gasteiger partial charge in [0.1, 0.15) is 0 Å². The van der Waals surface area contributed by atoms with Crippen LogP contribution in [0.2, 0.25) is 0 Å². The number of nitrogens with one attached hydrogen (secondary N) is 2. The van der Waals surface area contributed by atoms with E-state index >= 15 is 0 Å². The summed E-state index contributed by atoms with van der Waals surface area (Å²) in [6.45, 7) is 7.25. The van der Waals surface area contributed by atoms with Crippen molar-refractivity contribution in [2.24, 2.45) is 4.99 Å². The van der Waals surface area contributed by atoms with Crippen molar-refractivity contribution in [3.8, 4) is 0 Å². The van der Waals surface area contributed by atoms with Crippen LogP contribution in [0, 0.1) is 6.92 Å². The Morgan fingerprint density at radius 1 is 1.35 bits per heavy atom. The Morgan fingerprint density at radius 2 is 2.05 bits per heavy atom. The van der Waals surface area contributed by atoms with Crippen LogP contribution >= 0.6 is 0 Å². The second kappa shape index (κ2) is 7.78. The lowest BCUT2D eigenvalue weighted by molar-refractivity contribution is 0.624. The third-order valence-corrected chi connectivity index (χ3v) is 3.51. The number of hydrogen-bond acceptors (Lipinski definition) is 2. The number of hydrogen-bond donors (Lipinski definition) is 2. The van der Waals surface area contributed by atoms with E-state index < -0.39 is 0 Å². The van der Waals surface area contributed by atoms with Crippen LogP contribution in [0.15, 0.2) is 23.2 Å². The van der Waals surface area contributed by atoms with E-state index in [-0.39, 0.29) is 0 Å². The molecule has 0 saturated carbocycles.